The zero-order valence-corrected chi connectivity index (χ0v) is 13.3. The van der Waals surface area contributed by atoms with Crippen LogP contribution in [0.25, 0.3) is 0 Å². The molecule has 1 saturated heterocycles. The highest BCUT2D eigenvalue weighted by atomic mass is 16.6. The summed E-state index contributed by atoms with van der Waals surface area (Å²) < 4.78 is 5.20. The third-order valence-corrected chi connectivity index (χ3v) is 3.49. The van der Waals surface area contributed by atoms with Crippen LogP contribution >= 0.6 is 0 Å². The number of aromatic nitrogens is 1. The molecular weight excluding hydrogens is 282 g/mol. The molecule has 2 N–H and O–H groups in total. The fourth-order valence-electron chi connectivity index (χ4n) is 2.44. The second kappa shape index (κ2) is 6.77. The second-order valence-electron chi connectivity index (χ2n) is 6.50. The maximum absolute atomic E-state index is 12.1. The van der Waals surface area contributed by atoms with Gasteiger partial charge in [-0.2, -0.15) is 0 Å². The monoisotopic (exact) mass is 305 g/mol. The van der Waals surface area contributed by atoms with Gasteiger partial charge in [0.2, 0.25) is 5.91 Å². The van der Waals surface area contributed by atoms with Gasteiger partial charge in [0.15, 0.2) is 0 Å². The van der Waals surface area contributed by atoms with Crippen molar-refractivity contribution in [3.63, 3.8) is 0 Å². The summed E-state index contributed by atoms with van der Waals surface area (Å²) in [6.07, 6.45) is 4.35. The summed E-state index contributed by atoms with van der Waals surface area (Å²) in [5.41, 5.74) is 0.518. The molecule has 1 aliphatic rings. The molecule has 0 bridgehead atoms. The van der Waals surface area contributed by atoms with Crippen molar-refractivity contribution in [2.24, 2.45) is 0 Å². The van der Waals surface area contributed by atoms with Gasteiger partial charge in [-0.15, -0.1) is 0 Å². The highest BCUT2D eigenvalue weighted by molar-refractivity contribution is 5.85. The van der Waals surface area contributed by atoms with Crippen molar-refractivity contribution in [1.82, 2.24) is 15.6 Å². The predicted octanol–water partition coefficient (Wildman–Crippen LogP) is 1.97. The first-order valence-corrected chi connectivity index (χ1v) is 7.52. The van der Waals surface area contributed by atoms with Crippen LogP contribution in [0.4, 0.5) is 4.79 Å². The number of hydrogen-bond donors (Lipinski definition) is 2. The molecule has 1 unspecified atom stereocenters. The zero-order chi connectivity index (χ0) is 16.2. The van der Waals surface area contributed by atoms with Crippen LogP contribution in [0.5, 0.6) is 0 Å². The molecule has 2 rings (SSSR count). The van der Waals surface area contributed by atoms with Gasteiger partial charge < -0.3 is 15.4 Å². The molecule has 120 valence electrons. The van der Waals surface area contributed by atoms with E-state index in [2.05, 4.69) is 15.6 Å². The van der Waals surface area contributed by atoms with Gasteiger partial charge in [-0.1, -0.05) is 6.07 Å². The van der Waals surface area contributed by atoms with E-state index in [0.717, 1.165) is 12.0 Å². The molecule has 1 aromatic rings. The van der Waals surface area contributed by atoms with Gasteiger partial charge in [0.25, 0.3) is 0 Å². The largest absolute Gasteiger partial charge is 0.444 e. The minimum absolute atomic E-state index is 0.169. The van der Waals surface area contributed by atoms with Crippen LogP contribution in [-0.4, -0.2) is 35.2 Å². The lowest BCUT2D eigenvalue weighted by Gasteiger charge is -2.22. The molecule has 6 nitrogen and oxygen atoms in total. The molecule has 0 spiro atoms. The number of nitrogens with one attached hydrogen (secondary N) is 2. The maximum Gasteiger partial charge on any atom is 0.408 e. The normalized spacial score (nSPS) is 22.4. The Morgan fingerprint density at radius 1 is 1.41 bits per heavy atom. The lowest BCUT2D eigenvalue weighted by Crippen LogP contribution is -2.47. The number of nitrogens with zero attached hydrogens (tertiary/aromatic N) is 1. The Kier molecular flexibility index (Phi) is 5.00. The standard InChI is InChI=1S/C16H23N3O3/c1-16(2,3)22-15(21)19-13-7-6-12(10-18-14(13)20)11-5-4-8-17-9-11/h4-5,8-9,12-13H,6-7,10H2,1-3H3,(H,18,20)(H,19,21)/t12?,13-/m1/s1. The van der Waals surface area contributed by atoms with E-state index in [1.807, 2.05) is 18.3 Å². The van der Waals surface area contributed by atoms with Gasteiger partial charge in [0, 0.05) is 24.9 Å². The molecule has 0 aromatic carbocycles. The van der Waals surface area contributed by atoms with Crippen LogP contribution in [0, 0.1) is 0 Å². The number of rotatable bonds is 2. The summed E-state index contributed by atoms with van der Waals surface area (Å²) in [5.74, 6) is 0.0420. The van der Waals surface area contributed by atoms with E-state index in [9.17, 15) is 9.59 Å². The lowest BCUT2D eigenvalue weighted by atomic mass is 9.95. The Balaban J connectivity index is 1.95. The topological polar surface area (TPSA) is 80.3 Å². The van der Waals surface area contributed by atoms with Gasteiger partial charge in [0.1, 0.15) is 11.6 Å². The summed E-state index contributed by atoms with van der Waals surface area (Å²) in [7, 11) is 0. The van der Waals surface area contributed by atoms with E-state index >= 15 is 0 Å². The Hall–Kier alpha value is -2.11. The Morgan fingerprint density at radius 2 is 2.18 bits per heavy atom. The molecule has 0 aliphatic carbocycles. The third-order valence-electron chi connectivity index (χ3n) is 3.49. The van der Waals surface area contributed by atoms with E-state index in [1.165, 1.54) is 0 Å². The zero-order valence-electron chi connectivity index (χ0n) is 13.3. The van der Waals surface area contributed by atoms with Crippen LogP contribution in [-0.2, 0) is 9.53 Å². The third kappa shape index (κ3) is 4.72. The van der Waals surface area contributed by atoms with E-state index in [1.54, 1.807) is 27.0 Å². The maximum atomic E-state index is 12.1. The Bertz CT molecular complexity index is 525. The van der Waals surface area contributed by atoms with Crippen molar-refractivity contribution in [1.29, 1.82) is 0 Å². The summed E-state index contributed by atoms with van der Waals surface area (Å²) in [4.78, 5) is 28.0. The number of hydrogen-bond acceptors (Lipinski definition) is 4. The first-order valence-electron chi connectivity index (χ1n) is 7.52. The summed E-state index contributed by atoms with van der Waals surface area (Å²) in [6, 6.07) is 3.33. The number of amides is 2. The number of ether oxygens (including phenoxy) is 1. The molecule has 0 saturated carbocycles. The van der Waals surface area contributed by atoms with Gasteiger partial charge in [-0.05, 0) is 45.2 Å². The molecule has 2 atom stereocenters. The predicted molar refractivity (Wildman–Crippen MR) is 82.4 cm³/mol. The summed E-state index contributed by atoms with van der Waals surface area (Å²) in [6.45, 7) is 5.92. The van der Waals surface area contributed by atoms with E-state index in [0.29, 0.717) is 13.0 Å². The molecule has 0 radical (unpaired) electrons. The highest BCUT2D eigenvalue weighted by Gasteiger charge is 2.28. The van der Waals surface area contributed by atoms with Crippen LogP contribution < -0.4 is 10.6 Å². The van der Waals surface area contributed by atoms with Crippen LogP contribution in [0.15, 0.2) is 24.5 Å². The molecule has 1 fully saturated rings. The smallest absolute Gasteiger partial charge is 0.408 e. The molecule has 6 heteroatoms. The molecule has 1 aliphatic heterocycles. The van der Waals surface area contributed by atoms with Crippen LogP contribution in [0.1, 0.15) is 45.1 Å². The SMILES string of the molecule is CC(C)(C)OC(=O)N[C@@H]1CCC(c2cccnc2)CNC1=O. The van der Waals surface area contributed by atoms with Crippen molar-refractivity contribution < 1.29 is 14.3 Å². The average molecular weight is 305 g/mol. The quantitative estimate of drug-likeness (QED) is 0.875. The van der Waals surface area contributed by atoms with Crippen molar-refractivity contribution >= 4 is 12.0 Å². The van der Waals surface area contributed by atoms with Gasteiger partial charge in [0.05, 0.1) is 0 Å². The first kappa shape index (κ1) is 16.3. The fourth-order valence-corrected chi connectivity index (χ4v) is 2.44. The number of carbonyl (C=O) groups excluding carboxylic acids is 2. The lowest BCUT2D eigenvalue weighted by molar-refractivity contribution is -0.122. The Labute approximate surface area is 130 Å². The number of alkyl carbamates (subject to hydrolysis) is 1. The molecule has 2 amide bonds. The van der Waals surface area contributed by atoms with Crippen LogP contribution in [0.2, 0.25) is 0 Å². The molecular formula is C16H23N3O3. The number of carbonyl (C=O) groups is 2. The summed E-state index contributed by atoms with van der Waals surface area (Å²) >= 11 is 0. The van der Waals surface area contributed by atoms with Crippen molar-refractivity contribution in [2.75, 3.05) is 6.54 Å². The van der Waals surface area contributed by atoms with Crippen LogP contribution in [0.3, 0.4) is 0 Å². The van der Waals surface area contributed by atoms with Crippen molar-refractivity contribution in [3.8, 4) is 0 Å². The summed E-state index contributed by atoms with van der Waals surface area (Å²) in [5, 5.41) is 5.52. The van der Waals surface area contributed by atoms with E-state index in [4.69, 9.17) is 4.74 Å². The first-order chi connectivity index (χ1) is 10.3. The Morgan fingerprint density at radius 3 is 2.82 bits per heavy atom. The molecule has 2 heterocycles. The number of pyridine rings is 1. The van der Waals surface area contributed by atoms with Crippen molar-refractivity contribution in [3.05, 3.63) is 30.1 Å². The minimum Gasteiger partial charge on any atom is -0.444 e. The van der Waals surface area contributed by atoms with E-state index in [-0.39, 0.29) is 11.8 Å². The van der Waals surface area contributed by atoms with Gasteiger partial charge in [-0.25, -0.2) is 4.79 Å². The minimum atomic E-state index is -0.580. The average Bonchev–Trinajstić information content (AvgIpc) is 2.61. The highest BCUT2D eigenvalue weighted by Crippen LogP contribution is 2.23. The van der Waals surface area contributed by atoms with Gasteiger partial charge in [-0.3, -0.25) is 9.78 Å². The van der Waals surface area contributed by atoms with Gasteiger partial charge >= 0.3 is 6.09 Å². The fraction of sp³-hybridized carbons (Fsp3) is 0.562. The molecule has 22 heavy (non-hydrogen) atoms. The molecule has 1 aromatic heterocycles. The van der Waals surface area contributed by atoms with E-state index < -0.39 is 17.7 Å². The second-order valence-corrected chi connectivity index (χ2v) is 6.50. The van der Waals surface area contributed by atoms with Crippen molar-refractivity contribution in [2.45, 2.75) is 51.2 Å².